The van der Waals surface area contributed by atoms with Crippen molar-refractivity contribution >= 4 is 0 Å². The Morgan fingerprint density at radius 1 is 1.47 bits per heavy atom. The van der Waals surface area contributed by atoms with Gasteiger partial charge in [0.15, 0.2) is 0 Å². The fourth-order valence-corrected chi connectivity index (χ4v) is 2.76. The maximum Gasteiger partial charge on any atom is 0.0762 e. The minimum absolute atomic E-state index is 0.195. The molecule has 0 aliphatic carbocycles. The fourth-order valence-electron chi connectivity index (χ4n) is 2.76. The first-order chi connectivity index (χ1) is 9.06. The molecule has 1 aromatic rings. The third-order valence-electron chi connectivity index (χ3n) is 4.35. The molecule has 1 N–H and O–H groups in total. The van der Waals surface area contributed by atoms with Crippen LogP contribution in [0, 0.1) is 0 Å². The van der Waals surface area contributed by atoms with Crippen molar-refractivity contribution in [1.29, 1.82) is 0 Å². The van der Waals surface area contributed by atoms with E-state index in [1.54, 1.807) is 4.68 Å². The average molecular weight is 267 g/mol. The Kier molecular flexibility index (Phi) is 4.60. The summed E-state index contributed by atoms with van der Waals surface area (Å²) < 4.78 is 7.18. The third kappa shape index (κ3) is 3.16. The first kappa shape index (κ1) is 14.5. The molecule has 1 aromatic heterocycles. The molecule has 1 saturated heterocycles. The van der Waals surface area contributed by atoms with E-state index in [-0.39, 0.29) is 11.6 Å². The van der Waals surface area contributed by atoms with Crippen molar-refractivity contribution < 1.29 is 9.84 Å². The van der Waals surface area contributed by atoms with Gasteiger partial charge in [0.1, 0.15) is 0 Å². The highest BCUT2D eigenvalue weighted by molar-refractivity contribution is 5.08. The standard InChI is InChI=1S/C14H25N3O2/c1-4-14(2,17-5-7-19-8-6-17)13(18)9-12-10-15-16(3)11-12/h10-11,13,18H,4-9H2,1-3H3. The molecule has 0 saturated carbocycles. The summed E-state index contributed by atoms with van der Waals surface area (Å²) >= 11 is 0. The van der Waals surface area contributed by atoms with E-state index in [0.717, 1.165) is 38.3 Å². The molecule has 2 atom stereocenters. The number of aliphatic hydroxyl groups excluding tert-OH is 1. The lowest BCUT2D eigenvalue weighted by atomic mass is 9.86. The molecule has 5 heteroatoms. The van der Waals surface area contributed by atoms with E-state index in [1.807, 2.05) is 19.4 Å². The second-order valence-electron chi connectivity index (χ2n) is 5.55. The molecule has 1 aliphatic rings. The molecular formula is C14H25N3O2. The van der Waals surface area contributed by atoms with E-state index in [2.05, 4.69) is 23.8 Å². The normalized spacial score (nSPS) is 22.1. The number of nitrogens with zero attached hydrogens (tertiary/aromatic N) is 3. The molecule has 5 nitrogen and oxygen atoms in total. The van der Waals surface area contributed by atoms with Gasteiger partial charge in [-0.25, -0.2) is 0 Å². The van der Waals surface area contributed by atoms with Crippen LogP contribution in [0.1, 0.15) is 25.8 Å². The molecule has 0 spiro atoms. The number of aliphatic hydroxyl groups is 1. The summed E-state index contributed by atoms with van der Waals surface area (Å²) in [6.07, 6.45) is 4.99. The lowest BCUT2D eigenvalue weighted by molar-refractivity contribution is -0.0714. The minimum Gasteiger partial charge on any atom is -0.391 e. The Hall–Kier alpha value is -0.910. The van der Waals surface area contributed by atoms with Crippen LogP contribution in [0.3, 0.4) is 0 Å². The van der Waals surface area contributed by atoms with Crippen LogP contribution in [-0.4, -0.2) is 57.7 Å². The van der Waals surface area contributed by atoms with Gasteiger partial charge in [-0.1, -0.05) is 6.92 Å². The first-order valence-corrected chi connectivity index (χ1v) is 7.04. The topological polar surface area (TPSA) is 50.5 Å². The number of rotatable bonds is 5. The maximum absolute atomic E-state index is 10.7. The second kappa shape index (κ2) is 6.03. The fraction of sp³-hybridized carbons (Fsp3) is 0.786. The highest BCUT2D eigenvalue weighted by Crippen LogP contribution is 2.27. The Balaban J connectivity index is 2.06. The van der Waals surface area contributed by atoms with Crippen LogP contribution in [0.5, 0.6) is 0 Å². The molecule has 0 radical (unpaired) electrons. The van der Waals surface area contributed by atoms with Crippen molar-refractivity contribution in [1.82, 2.24) is 14.7 Å². The van der Waals surface area contributed by atoms with Crippen molar-refractivity contribution in [3.8, 4) is 0 Å². The molecule has 108 valence electrons. The highest BCUT2D eigenvalue weighted by atomic mass is 16.5. The molecule has 2 rings (SSSR count). The van der Waals surface area contributed by atoms with Gasteiger partial charge in [-0.2, -0.15) is 5.10 Å². The van der Waals surface area contributed by atoms with Crippen LogP contribution in [0.4, 0.5) is 0 Å². The third-order valence-corrected chi connectivity index (χ3v) is 4.35. The summed E-state index contributed by atoms with van der Waals surface area (Å²) in [4.78, 5) is 2.36. The molecule has 2 unspecified atom stereocenters. The van der Waals surface area contributed by atoms with Gasteiger partial charge >= 0.3 is 0 Å². The van der Waals surface area contributed by atoms with E-state index in [4.69, 9.17) is 4.74 Å². The Morgan fingerprint density at radius 3 is 2.68 bits per heavy atom. The van der Waals surface area contributed by atoms with Gasteiger partial charge in [0.25, 0.3) is 0 Å². The molecular weight excluding hydrogens is 242 g/mol. The number of hydrogen-bond acceptors (Lipinski definition) is 4. The summed E-state index contributed by atoms with van der Waals surface area (Å²) in [5, 5.41) is 14.8. The van der Waals surface area contributed by atoms with Gasteiger partial charge in [-0.15, -0.1) is 0 Å². The quantitative estimate of drug-likeness (QED) is 0.858. The molecule has 19 heavy (non-hydrogen) atoms. The SMILES string of the molecule is CCC(C)(C(O)Cc1cnn(C)c1)N1CCOCC1. The monoisotopic (exact) mass is 267 g/mol. The molecule has 1 fully saturated rings. The zero-order valence-corrected chi connectivity index (χ0v) is 12.2. The maximum atomic E-state index is 10.7. The average Bonchev–Trinajstić information content (AvgIpc) is 2.84. The zero-order chi connectivity index (χ0) is 13.9. The molecule has 0 amide bonds. The van der Waals surface area contributed by atoms with Crippen molar-refractivity contribution in [3.05, 3.63) is 18.0 Å². The van der Waals surface area contributed by atoms with Gasteiger partial charge in [-0.3, -0.25) is 9.58 Å². The van der Waals surface area contributed by atoms with Gasteiger partial charge in [-0.05, 0) is 18.9 Å². The predicted molar refractivity (Wildman–Crippen MR) is 74.0 cm³/mol. The van der Waals surface area contributed by atoms with E-state index in [1.165, 1.54) is 0 Å². The predicted octanol–water partition coefficient (Wildman–Crippen LogP) is 0.824. The number of hydrogen-bond donors (Lipinski definition) is 1. The molecule has 0 aromatic carbocycles. The highest BCUT2D eigenvalue weighted by Gasteiger charge is 2.38. The summed E-state index contributed by atoms with van der Waals surface area (Å²) in [7, 11) is 1.90. The summed E-state index contributed by atoms with van der Waals surface area (Å²) in [5.41, 5.74) is 0.891. The Labute approximate surface area is 115 Å². The van der Waals surface area contributed by atoms with Crippen LogP contribution in [0.15, 0.2) is 12.4 Å². The van der Waals surface area contributed by atoms with Crippen molar-refractivity contribution in [2.24, 2.45) is 7.05 Å². The Bertz CT molecular complexity index is 401. The van der Waals surface area contributed by atoms with Crippen LogP contribution in [-0.2, 0) is 18.2 Å². The van der Waals surface area contributed by atoms with Gasteiger partial charge in [0, 0.05) is 38.3 Å². The number of morpholine rings is 1. The van der Waals surface area contributed by atoms with E-state index in [9.17, 15) is 5.11 Å². The van der Waals surface area contributed by atoms with Crippen LogP contribution >= 0.6 is 0 Å². The number of aryl methyl sites for hydroxylation is 1. The molecule has 0 bridgehead atoms. The van der Waals surface area contributed by atoms with Gasteiger partial charge in [0.05, 0.1) is 25.5 Å². The Morgan fingerprint density at radius 2 is 2.16 bits per heavy atom. The van der Waals surface area contributed by atoms with Gasteiger partial charge < -0.3 is 9.84 Å². The molecule has 1 aliphatic heterocycles. The second-order valence-corrected chi connectivity index (χ2v) is 5.55. The number of ether oxygens (including phenoxy) is 1. The summed E-state index contributed by atoms with van der Waals surface area (Å²) in [6, 6.07) is 0. The smallest absolute Gasteiger partial charge is 0.0762 e. The van der Waals surface area contributed by atoms with Crippen LogP contribution < -0.4 is 0 Å². The van der Waals surface area contributed by atoms with Crippen molar-refractivity contribution in [2.75, 3.05) is 26.3 Å². The minimum atomic E-state index is -0.389. The summed E-state index contributed by atoms with van der Waals surface area (Å²) in [5.74, 6) is 0. The summed E-state index contributed by atoms with van der Waals surface area (Å²) in [6.45, 7) is 7.61. The van der Waals surface area contributed by atoms with E-state index in [0.29, 0.717) is 6.42 Å². The van der Waals surface area contributed by atoms with E-state index < -0.39 is 0 Å². The van der Waals surface area contributed by atoms with Crippen LogP contribution in [0.2, 0.25) is 0 Å². The molecule has 2 heterocycles. The lowest BCUT2D eigenvalue weighted by Gasteiger charge is -2.45. The van der Waals surface area contributed by atoms with Crippen molar-refractivity contribution in [3.63, 3.8) is 0 Å². The van der Waals surface area contributed by atoms with Crippen molar-refractivity contribution in [2.45, 2.75) is 38.3 Å². The first-order valence-electron chi connectivity index (χ1n) is 7.04. The number of aromatic nitrogens is 2. The lowest BCUT2D eigenvalue weighted by Crippen LogP contribution is -2.58. The van der Waals surface area contributed by atoms with Gasteiger partial charge in [0.2, 0.25) is 0 Å². The van der Waals surface area contributed by atoms with Crippen LogP contribution in [0.25, 0.3) is 0 Å². The van der Waals surface area contributed by atoms with E-state index >= 15 is 0 Å². The zero-order valence-electron chi connectivity index (χ0n) is 12.2. The largest absolute Gasteiger partial charge is 0.391 e.